The number of nitrogens with one attached hydrogen (secondary N) is 2. The second-order valence-corrected chi connectivity index (χ2v) is 6.99. The molecule has 1 heterocycles. The number of benzene rings is 2. The first kappa shape index (κ1) is 20.5. The van der Waals surface area contributed by atoms with E-state index in [2.05, 4.69) is 75.4 Å². The van der Waals surface area contributed by atoms with Gasteiger partial charge in [0.2, 0.25) is 0 Å². The summed E-state index contributed by atoms with van der Waals surface area (Å²) in [6.07, 6.45) is 3.83. The second kappa shape index (κ2) is 9.78. The summed E-state index contributed by atoms with van der Waals surface area (Å²) in [6, 6.07) is 16.6. The van der Waals surface area contributed by atoms with Crippen LogP contribution in [0.15, 0.2) is 65.9 Å². The number of imidazole rings is 1. The lowest BCUT2D eigenvalue weighted by atomic mass is 10.0. The third kappa shape index (κ3) is 5.38. The van der Waals surface area contributed by atoms with Crippen LogP contribution in [0.3, 0.4) is 0 Å². The zero-order chi connectivity index (χ0) is 20.6. The highest BCUT2D eigenvalue weighted by molar-refractivity contribution is 5.80. The van der Waals surface area contributed by atoms with Gasteiger partial charge in [-0.25, -0.2) is 4.98 Å². The number of ether oxygens (including phenoxy) is 1. The Labute approximate surface area is 172 Å². The van der Waals surface area contributed by atoms with E-state index in [1.165, 1.54) is 11.1 Å². The molecule has 3 aromatic rings. The van der Waals surface area contributed by atoms with E-state index in [0.717, 1.165) is 29.6 Å². The van der Waals surface area contributed by atoms with Crippen molar-refractivity contribution in [3.05, 3.63) is 83.4 Å². The first-order valence-electron chi connectivity index (χ1n) is 9.76. The number of guanidine groups is 1. The van der Waals surface area contributed by atoms with Gasteiger partial charge in [0.15, 0.2) is 5.96 Å². The molecule has 29 heavy (non-hydrogen) atoms. The van der Waals surface area contributed by atoms with Gasteiger partial charge in [-0.1, -0.05) is 48.0 Å². The molecule has 0 fully saturated rings. The predicted octanol–water partition coefficient (Wildman–Crippen LogP) is 3.67. The van der Waals surface area contributed by atoms with Crippen molar-refractivity contribution in [1.29, 1.82) is 0 Å². The van der Waals surface area contributed by atoms with Crippen molar-refractivity contribution in [2.24, 2.45) is 4.99 Å². The second-order valence-electron chi connectivity index (χ2n) is 6.99. The van der Waals surface area contributed by atoms with Crippen LogP contribution in [-0.2, 0) is 13.1 Å². The van der Waals surface area contributed by atoms with Gasteiger partial charge < -0.3 is 19.9 Å². The number of aromatic nitrogens is 2. The molecule has 0 amide bonds. The molecular weight excluding hydrogens is 362 g/mol. The molecule has 1 unspecified atom stereocenters. The maximum atomic E-state index is 5.51. The van der Waals surface area contributed by atoms with E-state index in [1.807, 2.05) is 24.5 Å². The first-order chi connectivity index (χ1) is 14.1. The quantitative estimate of drug-likeness (QED) is 0.476. The van der Waals surface area contributed by atoms with Crippen LogP contribution in [0.25, 0.3) is 0 Å². The van der Waals surface area contributed by atoms with Gasteiger partial charge in [0.05, 0.1) is 19.7 Å². The van der Waals surface area contributed by atoms with Gasteiger partial charge >= 0.3 is 0 Å². The molecule has 0 spiro atoms. The lowest BCUT2D eigenvalue weighted by molar-refractivity contribution is 0.405. The van der Waals surface area contributed by atoms with E-state index in [4.69, 9.17) is 4.74 Å². The molecule has 0 bridgehead atoms. The third-order valence-electron chi connectivity index (χ3n) is 4.84. The van der Waals surface area contributed by atoms with Crippen molar-refractivity contribution in [3.8, 4) is 5.75 Å². The molecule has 0 aliphatic carbocycles. The summed E-state index contributed by atoms with van der Waals surface area (Å²) in [6.45, 7) is 5.55. The van der Waals surface area contributed by atoms with Crippen molar-refractivity contribution in [1.82, 2.24) is 20.2 Å². The molecule has 0 saturated carbocycles. The lowest BCUT2D eigenvalue weighted by Gasteiger charge is -2.21. The van der Waals surface area contributed by atoms with Crippen LogP contribution in [0, 0.1) is 6.92 Å². The Bertz CT molecular complexity index is 949. The fourth-order valence-electron chi connectivity index (χ4n) is 3.26. The Kier molecular flexibility index (Phi) is 6.89. The smallest absolute Gasteiger partial charge is 0.191 e. The van der Waals surface area contributed by atoms with Gasteiger partial charge in [-0.05, 0) is 25.5 Å². The van der Waals surface area contributed by atoms with Crippen LogP contribution < -0.4 is 15.4 Å². The van der Waals surface area contributed by atoms with Crippen molar-refractivity contribution >= 4 is 5.96 Å². The van der Waals surface area contributed by atoms with Crippen LogP contribution in [0.4, 0.5) is 0 Å². The van der Waals surface area contributed by atoms with Crippen LogP contribution in [0.2, 0.25) is 0 Å². The molecule has 0 radical (unpaired) electrons. The van der Waals surface area contributed by atoms with Crippen LogP contribution in [0.5, 0.6) is 5.75 Å². The number of aliphatic imine (C=N–C) groups is 1. The van der Waals surface area contributed by atoms with Gasteiger partial charge in [0.1, 0.15) is 11.6 Å². The fraction of sp³-hybridized carbons (Fsp3) is 0.304. The zero-order valence-electron chi connectivity index (χ0n) is 17.5. The molecule has 2 N–H and O–H groups in total. The van der Waals surface area contributed by atoms with Gasteiger partial charge in [0.25, 0.3) is 0 Å². The van der Waals surface area contributed by atoms with Crippen molar-refractivity contribution in [3.63, 3.8) is 0 Å². The van der Waals surface area contributed by atoms with Gasteiger partial charge in [-0.15, -0.1) is 0 Å². The maximum absolute atomic E-state index is 5.51. The predicted molar refractivity (Wildman–Crippen MR) is 117 cm³/mol. The topological polar surface area (TPSA) is 63.5 Å². The summed E-state index contributed by atoms with van der Waals surface area (Å²) in [5.74, 6) is 2.54. The van der Waals surface area contributed by atoms with E-state index in [9.17, 15) is 0 Å². The van der Waals surface area contributed by atoms with Crippen LogP contribution >= 0.6 is 0 Å². The highest BCUT2D eigenvalue weighted by Gasteiger charge is 2.14. The molecule has 0 aliphatic heterocycles. The highest BCUT2D eigenvalue weighted by Crippen LogP contribution is 2.25. The zero-order valence-corrected chi connectivity index (χ0v) is 17.5. The van der Waals surface area contributed by atoms with Crippen molar-refractivity contribution in [2.45, 2.75) is 33.0 Å². The van der Waals surface area contributed by atoms with Crippen molar-refractivity contribution < 1.29 is 4.74 Å². The number of hydrogen-bond acceptors (Lipinski definition) is 3. The van der Waals surface area contributed by atoms with Gasteiger partial charge in [-0.3, -0.25) is 4.99 Å². The molecule has 1 atom stereocenters. The summed E-state index contributed by atoms with van der Waals surface area (Å²) in [4.78, 5) is 8.85. The van der Waals surface area contributed by atoms with Crippen molar-refractivity contribution in [2.75, 3.05) is 14.2 Å². The van der Waals surface area contributed by atoms with E-state index in [1.54, 1.807) is 14.2 Å². The average molecular weight is 392 g/mol. The molecule has 0 saturated heterocycles. The molecule has 152 valence electrons. The van der Waals surface area contributed by atoms with E-state index < -0.39 is 0 Å². The Morgan fingerprint density at radius 2 is 2.00 bits per heavy atom. The number of aryl methyl sites for hydroxylation is 1. The molecular formula is C23H29N5O. The summed E-state index contributed by atoms with van der Waals surface area (Å²) in [7, 11) is 3.46. The third-order valence-corrected chi connectivity index (χ3v) is 4.84. The minimum Gasteiger partial charge on any atom is -0.496 e. The van der Waals surface area contributed by atoms with E-state index >= 15 is 0 Å². The van der Waals surface area contributed by atoms with Crippen LogP contribution in [0.1, 0.15) is 35.5 Å². The summed E-state index contributed by atoms with van der Waals surface area (Å²) in [5.41, 5.74) is 3.54. The Balaban J connectivity index is 1.63. The summed E-state index contributed by atoms with van der Waals surface area (Å²) >= 11 is 0. The number of nitrogens with zero attached hydrogens (tertiary/aromatic N) is 3. The fourth-order valence-corrected chi connectivity index (χ4v) is 3.26. The Hall–Kier alpha value is -3.28. The van der Waals surface area contributed by atoms with E-state index in [-0.39, 0.29) is 6.04 Å². The standard InChI is InChI=1S/C23H29N5O/c1-17-10-11-21(29-4)20(14-17)18(2)27-23(24-3)26-15-22-25-12-13-28(22)16-19-8-6-5-7-9-19/h5-14,18H,15-16H2,1-4H3,(H2,24,26,27). The Morgan fingerprint density at radius 3 is 2.72 bits per heavy atom. The molecule has 6 nitrogen and oxygen atoms in total. The lowest BCUT2D eigenvalue weighted by Crippen LogP contribution is -2.38. The monoisotopic (exact) mass is 391 g/mol. The Morgan fingerprint density at radius 1 is 1.21 bits per heavy atom. The molecule has 0 aliphatic rings. The average Bonchev–Trinajstić information content (AvgIpc) is 3.18. The molecule has 3 rings (SSSR count). The largest absolute Gasteiger partial charge is 0.496 e. The first-order valence-corrected chi connectivity index (χ1v) is 9.76. The molecule has 2 aromatic carbocycles. The summed E-state index contributed by atoms with van der Waals surface area (Å²) < 4.78 is 7.66. The molecule has 1 aromatic heterocycles. The molecule has 6 heteroatoms. The number of hydrogen-bond donors (Lipinski definition) is 2. The maximum Gasteiger partial charge on any atom is 0.191 e. The minimum atomic E-state index is 0.0418. The van der Waals surface area contributed by atoms with Gasteiger partial charge in [0, 0.05) is 31.5 Å². The number of rotatable bonds is 7. The normalized spacial score (nSPS) is 12.5. The highest BCUT2D eigenvalue weighted by atomic mass is 16.5. The number of methoxy groups -OCH3 is 1. The SMILES string of the molecule is CN=C(NCc1nccn1Cc1ccccc1)NC(C)c1cc(C)ccc1OC. The summed E-state index contributed by atoms with van der Waals surface area (Å²) in [5, 5.41) is 6.80. The van der Waals surface area contributed by atoms with Crippen LogP contribution in [-0.4, -0.2) is 29.7 Å². The van der Waals surface area contributed by atoms with Gasteiger partial charge in [-0.2, -0.15) is 0 Å². The van der Waals surface area contributed by atoms with E-state index in [0.29, 0.717) is 6.54 Å². The minimum absolute atomic E-state index is 0.0418.